The van der Waals surface area contributed by atoms with Crippen LogP contribution in [0.5, 0.6) is 0 Å². The monoisotopic (exact) mass is 322 g/mol. The van der Waals surface area contributed by atoms with E-state index in [9.17, 15) is 9.59 Å². The van der Waals surface area contributed by atoms with Gasteiger partial charge in [0.25, 0.3) is 0 Å². The van der Waals surface area contributed by atoms with Gasteiger partial charge in [0.15, 0.2) is 5.57 Å². The van der Waals surface area contributed by atoms with Crippen LogP contribution in [0.3, 0.4) is 0 Å². The van der Waals surface area contributed by atoms with Gasteiger partial charge in [-0.2, -0.15) is 5.26 Å². The summed E-state index contributed by atoms with van der Waals surface area (Å²) in [5.41, 5.74) is -0.525. The molecule has 0 aromatic carbocycles. The molecule has 0 unspecified atom stereocenters. The third kappa shape index (κ3) is 4.90. The molecule has 1 aromatic heterocycles. The summed E-state index contributed by atoms with van der Waals surface area (Å²) in [4.78, 5) is 24.4. The van der Waals surface area contributed by atoms with Gasteiger partial charge in [-0.1, -0.05) is 0 Å². The predicted octanol–water partition coefficient (Wildman–Crippen LogP) is 3.00. The number of aryl methyl sites for hydroxylation is 1. The highest BCUT2D eigenvalue weighted by Crippen LogP contribution is 2.28. The lowest BCUT2D eigenvalue weighted by Gasteiger charge is -2.18. The van der Waals surface area contributed by atoms with Crippen molar-refractivity contribution in [1.29, 1.82) is 5.26 Å². The first-order chi connectivity index (χ1) is 10.2. The highest BCUT2D eigenvalue weighted by atomic mass is 32.1. The number of hydrogen-bond donors (Lipinski definition) is 1. The fourth-order valence-electron chi connectivity index (χ4n) is 1.49. The topological polar surface area (TPSA) is 88.4 Å². The van der Waals surface area contributed by atoms with E-state index in [1.54, 1.807) is 32.9 Å². The zero-order valence-electron chi connectivity index (χ0n) is 13.1. The number of thiophene rings is 1. The normalized spacial score (nSPS) is 11.5. The molecule has 0 amide bonds. The molecule has 0 saturated heterocycles. The second kappa shape index (κ2) is 7.09. The zero-order valence-corrected chi connectivity index (χ0v) is 14.0. The molecule has 0 aliphatic heterocycles. The van der Waals surface area contributed by atoms with Gasteiger partial charge in [0.05, 0.1) is 12.7 Å². The summed E-state index contributed by atoms with van der Waals surface area (Å²) >= 11 is 1.32. The Kier molecular flexibility index (Phi) is 5.71. The van der Waals surface area contributed by atoms with Crippen LogP contribution in [-0.4, -0.2) is 24.6 Å². The van der Waals surface area contributed by atoms with E-state index in [1.807, 2.05) is 6.92 Å². The Labute approximate surface area is 133 Å². The molecule has 22 heavy (non-hydrogen) atoms. The SMILES string of the molecule is COC(=O)c1cc(C)sc1N/C=C(/C#N)C(=O)OC(C)(C)C. The van der Waals surface area contributed by atoms with E-state index in [0.717, 1.165) is 4.88 Å². The van der Waals surface area contributed by atoms with Crippen molar-refractivity contribution in [1.82, 2.24) is 0 Å². The lowest BCUT2D eigenvalue weighted by molar-refractivity contribution is -0.149. The summed E-state index contributed by atoms with van der Waals surface area (Å²) in [6, 6.07) is 3.45. The summed E-state index contributed by atoms with van der Waals surface area (Å²) in [6.45, 7) is 6.98. The maximum absolute atomic E-state index is 11.9. The van der Waals surface area contributed by atoms with Crippen LogP contribution in [0.2, 0.25) is 0 Å². The van der Waals surface area contributed by atoms with Crippen LogP contribution in [0.4, 0.5) is 5.00 Å². The summed E-state index contributed by atoms with van der Waals surface area (Å²) in [7, 11) is 1.29. The first-order valence-corrected chi connectivity index (χ1v) is 7.28. The van der Waals surface area contributed by atoms with Gasteiger partial charge in [0.2, 0.25) is 0 Å². The van der Waals surface area contributed by atoms with Crippen LogP contribution < -0.4 is 5.32 Å². The second-order valence-corrected chi connectivity index (χ2v) is 6.66. The van der Waals surface area contributed by atoms with Crippen molar-refractivity contribution in [3.8, 4) is 6.07 Å². The molecule has 0 fully saturated rings. The Balaban J connectivity index is 2.97. The highest BCUT2D eigenvalue weighted by Gasteiger charge is 2.20. The van der Waals surface area contributed by atoms with E-state index in [2.05, 4.69) is 10.1 Å². The molecule has 1 heterocycles. The van der Waals surface area contributed by atoms with Crippen molar-refractivity contribution in [2.24, 2.45) is 0 Å². The number of methoxy groups -OCH3 is 1. The van der Waals surface area contributed by atoms with E-state index < -0.39 is 17.5 Å². The largest absolute Gasteiger partial charge is 0.465 e. The van der Waals surface area contributed by atoms with Gasteiger partial charge in [-0.15, -0.1) is 11.3 Å². The maximum Gasteiger partial charge on any atom is 0.350 e. The highest BCUT2D eigenvalue weighted by molar-refractivity contribution is 7.16. The Morgan fingerprint density at radius 1 is 1.41 bits per heavy atom. The Hall–Kier alpha value is -2.33. The smallest absolute Gasteiger partial charge is 0.350 e. The number of nitrogens with zero attached hydrogens (tertiary/aromatic N) is 1. The van der Waals surface area contributed by atoms with E-state index in [4.69, 9.17) is 10.00 Å². The quantitative estimate of drug-likeness (QED) is 0.521. The molecular weight excluding hydrogens is 304 g/mol. The zero-order chi connectivity index (χ0) is 16.9. The maximum atomic E-state index is 11.9. The first-order valence-electron chi connectivity index (χ1n) is 6.47. The molecule has 0 spiro atoms. The summed E-state index contributed by atoms with van der Waals surface area (Å²) in [5, 5.41) is 12.4. The number of hydrogen-bond acceptors (Lipinski definition) is 7. The average molecular weight is 322 g/mol. The van der Waals surface area contributed by atoms with Crippen LogP contribution in [-0.2, 0) is 14.3 Å². The van der Waals surface area contributed by atoms with Crippen molar-refractivity contribution in [3.05, 3.63) is 28.3 Å². The van der Waals surface area contributed by atoms with Gasteiger partial charge in [0.1, 0.15) is 16.7 Å². The minimum absolute atomic E-state index is 0.184. The van der Waals surface area contributed by atoms with Crippen LogP contribution >= 0.6 is 11.3 Å². The fourth-order valence-corrected chi connectivity index (χ4v) is 2.36. The van der Waals surface area contributed by atoms with Gasteiger partial charge >= 0.3 is 11.9 Å². The van der Waals surface area contributed by atoms with Crippen LogP contribution in [0.1, 0.15) is 36.0 Å². The molecule has 0 atom stereocenters. The third-order valence-electron chi connectivity index (χ3n) is 2.35. The molecule has 0 bridgehead atoms. The molecule has 1 aromatic rings. The van der Waals surface area contributed by atoms with Crippen molar-refractivity contribution >= 4 is 28.3 Å². The fraction of sp³-hybridized carbons (Fsp3) is 0.400. The van der Waals surface area contributed by atoms with E-state index >= 15 is 0 Å². The number of carbonyl (C=O) groups is 2. The number of ether oxygens (including phenoxy) is 2. The number of anilines is 1. The van der Waals surface area contributed by atoms with Crippen LogP contribution in [0.15, 0.2) is 17.8 Å². The Morgan fingerprint density at radius 3 is 2.55 bits per heavy atom. The minimum atomic E-state index is -0.726. The second-order valence-electron chi connectivity index (χ2n) is 5.41. The van der Waals surface area contributed by atoms with Gasteiger partial charge < -0.3 is 14.8 Å². The molecule has 6 nitrogen and oxygen atoms in total. The van der Waals surface area contributed by atoms with Gasteiger partial charge in [0, 0.05) is 11.1 Å². The summed E-state index contributed by atoms with van der Waals surface area (Å²) in [6.07, 6.45) is 1.23. The number of rotatable bonds is 4. The summed E-state index contributed by atoms with van der Waals surface area (Å²) in [5.74, 6) is -1.22. The van der Waals surface area contributed by atoms with Crippen molar-refractivity contribution in [2.45, 2.75) is 33.3 Å². The summed E-state index contributed by atoms with van der Waals surface area (Å²) < 4.78 is 9.81. The van der Waals surface area contributed by atoms with Crippen LogP contribution in [0.25, 0.3) is 0 Å². The van der Waals surface area contributed by atoms with Gasteiger partial charge in [-0.25, -0.2) is 9.59 Å². The molecule has 1 rings (SSSR count). The number of nitrogens with one attached hydrogen (secondary N) is 1. The Bertz CT molecular complexity index is 647. The molecule has 118 valence electrons. The lowest BCUT2D eigenvalue weighted by Crippen LogP contribution is -2.24. The molecule has 7 heteroatoms. The molecule has 0 aliphatic carbocycles. The van der Waals surface area contributed by atoms with Gasteiger partial charge in [-0.3, -0.25) is 0 Å². The third-order valence-corrected chi connectivity index (χ3v) is 3.33. The molecular formula is C15H18N2O4S. The van der Waals surface area contributed by atoms with Gasteiger partial charge in [-0.05, 0) is 33.8 Å². The average Bonchev–Trinajstić information content (AvgIpc) is 2.77. The first kappa shape index (κ1) is 17.7. The minimum Gasteiger partial charge on any atom is -0.465 e. The van der Waals surface area contributed by atoms with Crippen molar-refractivity contribution in [2.75, 3.05) is 12.4 Å². The molecule has 0 radical (unpaired) electrons. The van der Waals surface area contributed by atoms with Crippen molar-refractivity contribution in [3.63, 3.8) is 0 Å². The van der Waals surface area contributed by atoms with E-state index in [1.165, 1.54) is 24.6 Å². The number of nitriles is 1. The van der Waals surface area contributed by atoms with Crippen molar-refractivity contribution < 1.29 is 19.1 Å². The van der Waals surface area contributed by atoms with Crippen LogP contribution in [0, 0.1) is 18.3 Å². The number of esters is 2. The standard InChI is InChI=1S/C15H18N2O4S/c1-9-6-11(14(19)20-5)12(22-9)17-8-10(7-16)13(18)21-15(2,3)4/h6,8,17H,1-5H3/b10-8-. The van der Waals surface area contributed by atoms with E-state index in [0.29, 0.717) is 10.6 Å². The predicted molar refractivity (Wildman–Crippen MR) is 83.6 cm³/mol. The molecule has 0 aliphatic rings. The number of carbonyl (C=O) groups excluding carboxylic acids is 2. The lowest BCUT2D eigenvalue weighted by atomic mass is 10.2. The van der Waals surface area contributed by atoms with E-state index in [-0.39, 0.29) is 5.57 Å². The molecule has 1 N–H and O–H groups in total. The Morgan fingerprint density at radius 2 is 2.05 bits per heavy atom. The molecule has 0 saturated carbocycles.